The summed E-state index contributed by atoms with van der Waals surface area (Å²) in [5.74, 6) is -0.772. The maximum absolute atomic E-state index is 13.9. The number of benzene rings is 3. The number of nitrogens with two attached hydrogens (primary N) is 1. The molecule has 0 atom stereocenters. The summed E-state index contributed by atoms with van der Waals surface area (Å²) in [4.78, 5) is 22.5. The van der Waals surface area contributed by atoms with Gasteiger partial charge in [0, 0.05) is 10.7 Å². The van der Waals surface area contributed by atoms with Crippen LogP contribution >= 0.6 is 11.6 Å². The number of carbonyl (C=O) groups is 1. The van der Waals surface area contributed by atoms with E-state index in [1.54, 1.807) is 42.5 Å². The molecule has 0 unspecified atom stereocenters. The van der Waals surface area contributed by atoms with Crippen LogP contribution in [0.2, 0.25) is 5.02 Å². The summed E-state index contributed by atoms with van der Waals surface area (Å²) in [7, 11) is 0. The number of hydrogen-bond acceptors (Lipinski definition) is 4. The Hall–Kier alpha value is -3.97. The van der Waals surface area contributed by atoms with Crippen LogP contribution in [0.25, 0.3) is 27.9 Å². The molecule has 8 heteroatoms. The molecule has 31 heavy (non-hydrogen) atoms. The second-order valence-electron chi connectivity index (χ2n) is 6.92. The van der Waals surface area contributed by atoms with Gasteiger partial charge in [0.25, 0.3) is 5.91 Å². The molecule has 0 aliphatic carbocycles. The van der Waals surface area contributed by atoms with Gasteiger partial charge in [-0.3, -0.25) is 9.36 Å². The molecule has 5 aromatic rings. The van der Waals surface area contributed by atoms with Crippen LogP contribution in [-0.4, -0.2) is 20.4 Å². The molecular formula is C23H15ClFN5O. The van der Waals surface area contributed by atoms with E-state index in [1.807, 2.05) is 18.2 Å². The average Bonchev–Trinajstić information content (AvgIpc) is 3.04. The van der Waals surface area contributed by atoms with Crippen molar-refractivity contribution >= 4 is 51.2 Å². The monoisotopic (exact) mass is 431 g/mol. The molecule has 0 saturated carbocycles. The third-order valence-corrected chi connectivity index (χ3v) is 5.15. The van der Waals surface area contributed by atoms with E-state index in [4.69, 9.17) is 17.3 Å². The molecule has 0 saturated heterocycles. The Bertz CT molecular complexity index is 1460. The summed E-state index contributed by atoms with van der Waals surface area (Å²) in [6.45, 7) is 0. The number of para-hydroxylation sites is 2. The van der Waals surface area contributed by atoms with Gasteiger partial charge >= 0.3 is 0 Å². The van der Waals surface area contributed by atoms with Crippen LogP contribution in [0.1, 0.15) is 10.4 Å². The second kappa shape index (κ2) is 7.37. The third-order valence-electron chi connectivity index (χ3n) is 4.89. The normalized spacial score (nSPS) is 11.2. The Morgan fingerprint density at radius 3 is 2.39 bits per heavy atom. The zero-order valence-corrected chi connectivity index (χ0v) is 16.8. The first-order valence-electron chi connectivity index (χ1n) is 9.41. The lowest BCUT2D eigenvalue weighted by atomic mass is 10.2. The summed E-state index contributed by atoms with van der Waals surface area (Å²) in [6, 6.07) is 19.9. The third kappa shape index (κ3) is 3.35. The highest BCUT2D eigenvalue weighted by atomic mass is 35.5. The molecule has 0 bridgehead atoms. The van der Waals surface area contributed by atoms with Gasteiger partial charge in [0.05, 0.1) is 16.7 Å². The van der Waals surface area contributed by atoms with Crippen LogP contribution < -0.4 is 11.1 Å². The van der Waals surface area contributed by atoms with Crippen LogP contribution in [-0.2, 0) is 0 Å². The van der Waals surface area contributed by atoms with Gasteiger partial charge in [-0.2, -0.15) is 0 Å². The van der Waals surface area contributed by atoms with Gasteiger partial charge in [-0.25, -0.2) is 14.4 Å². The molecule has 5 rings (SSSR count). The first kappa shape index (κ1) is 19.0. The second-order valence-corrected chi connectivity index (χ2v) is 7.36. The fourth-order valence-corrected chi connectivity index (χ4v) is 3.61. The molecular weight excluding hydrogens is 417 g/mol. The Kier molecular flexibility index (Phi) is 4.52. The first-order chi connectivity index (χ1) is 15.0. The van der Waals surface area contributed by atoms with E-state index in [9.17, 15) is 9.18 Å². The minimum Gasteiger partial charge on any atom is -0.384 e. The summed E-state index contributed by atoms with van der Waals surface area (Å²) < 4.78 is 15.5. The molecule has 2 aromatic heterocycles. The van der Waals surface area contributed by atoms with Crippen molar-refractivity contribution < 1.29 is 9.18 Å². The molecule has 0 radical (unpaired) electrons. The van der Waals surface area contributed by atoms with Crippen molar-refractivity contribution in [1.82, 2.24) is 14.5 Å². The SMILES string of the molecule is Nc1c(C(=O)Nc2ccc(Cl)cc2)c2nc3ccccc3nc2n1-c1cccc(F)c1. The lowest BCUT2D eigenvalue weighted by molar-refractivity contribution is 0.102. The molecule has 152 valence electrons. The molecule has 6 nitrogen and oxygen atoms in total. The van der Waals surface area contributed by atoms with Gasteiger partial charge in [-0.05, 0) is 54.6 Å². The highest BCUT2D eigenvalue weighted by Crippen LogP contribution is 2.31. The number of aromatic nitrogens is 3. The topological polar surface area (TPSA) is 85.8 Å². The molecule has 1 amide bonds. The van der Waals surface area contributed by atoms with Crippen LogP contribution in [0, 0.1) is 5.82 Å². The Balaban J connectivity index is 1.75. The van der Waals surface area contributed by atoms with E-state index in [-0.39, 0.29) is 11.4 Å². The van der Waals surface area contributed by atoms with Crippen molar-refractivity contribution in [3.05, 3.63) is 89.2 Å². The number of carbonyl (C=O) groups excluding carboxylic acids is 1. The summed E-state index contributed by atoms with van der Waals surface area (Å²) in [5.41, 5.74) is 9.51. The predicted molar refractivity (Wildman–Crippen MR) is 120 cm³/mol. The smallest absolute Gasteiger partial charge is 0.261 e. The number of anilines is 2. The number of amides is 1. The maximum atomic E-state index is 13.9. The zero-order chi connectivity index (χ0) is 21.5. The maximum Gasteiger partial charge on any atom is 0.261 e. The molecule has 0 spiro atoms. The molecule has 3 N–H and O–H groups in total. The Morgan fingerprint density at radius 2 is 1.68 bits per heavy atom. The minimum atomic E-state index is -0.454. The van der Waals surface area contributed by atoms with Gasteiger partial charge in [0.1, 0.15) is 22.7 Å². The van der Waals surface area contributed by atoms with Gasteiger partial charge < -0.3 is 11.1 Å². The van der Waals surface area contributed by atoms with Crippen LogP contribution in [0.5, 0.6) is 0 Å². The summed E-state index contributed by atoms with van der Waals surface area (Å²) >= 11 is 5.92. The number of fused-ring (bicyclic) bond motifs is 2. The van der Waals surface area contributed by atoms with Crippen molar-refractivity contribution in [2.24, 2.45) is 0 Å². The molecule has 0 aliphatic rings. The largest absolute Gasteiger partial charge is 0.384 e. The number of nitrogen functional groups attached to an aromatic ring is 1. The lowest BCUT2D eigenvalue weighted by Crippen LogP contribution is -2.14. The summed E-state index contributed by atoms with van der Waals surface area (Å²) in [6.07, 6.45) is 0. The van der Waals surface area contributed by atoms with E-state index in [0.29, 0.717) is 38.6 Å². The van der Waals surface area contributed by atoms with Gasteiger partial charge in [-0.1, -0.05) is 29.8 Å². The van der Waals surface area contributed by atoms with Crippen LogP contribution in [0.4, 0.5) is 15.9 Å². The molecule has 0 aliphatic heterocycles. The van der Waals surface area contributed by atoms with Crippen molar-refractivity contribution in [3.63, 3.8) is 0 Å². The van der Waals surface area contributed by atoms with Crippen molar-refractivity contribution in [3.8, 4) is 5.69 Å². The van der Waals surface area contributed by atoms with Gasteiger partial charge in [0.15, 0.2) is 5.65 Å². The molecule has 0 fully saturated rings. The average molecular weight is 432 g/mol. The number of nitrogens with zero attached hydrogens (tertiary/aromatic N) is 3. The van der Waals surface area contributed by atoms with Crippen molar-refractivity contribution in [2.75, 3.05) is 11.1 Å². The molecule has 2 heterocycles. The summed E-state index contributed by atoms with van der Waals surface area (Å²) in [5, 5.41) is 3.36. The van der Waals surface area contributed by atoms with Gasteiger partial charge in [0.2, 0.25) is 0 Å². The van der Waals surface area contributed by atoms with E-state index < -0.39 is 11.7 Å². The van der Waals surface area contributed by atoms with Crippen molar-refractivity contribution in [1.29, 1.82) is 0 Å². The van der Waals surface area contributed by atoms with Crippen LogP contribution in [0.3, 0.4) is 0 Å². The standard InChI is InChI=1S/C23H15ClFN5O/c24-13-8-10-15(11-9-13)27-23(31)19-20-22(29-18-7-2-1-6-17(18)28-20)30(21(19)26)16-5-3-4-14(25)12-16/h1-12H,26H2,(H,27,31). The number of nitrogens with one attached hydrogen (secondary N) is 1. The van der Waals surface area contributed by atoms with E-state index >= 15 is 0 Å². The Morgan fingerprint density at radius 1 is 0.968 bits per heavy atom. The quantitative estimate of drug-likeness (QED) is 0.411. The highest BCUT2D eigenvalue weighted by molar-refractivity contribution is 6.30. The highest BCUT2D eigenvalue weighted by Gasteiger charge is 2.25. The van der Waals surface area contributed by atoms with Gasteiger partial charge in [-0.15, -0.1) is 0 Å². The van der Waals surface area contributed by atoms with E-state index in [0.717, 1.165) is 0 Å². The van der Waals surface area contributed by atoms with E-state index in [1.165, 1.54) is 16.7 Å². The zero-order valence-electron chi connectivity index (χ0n) is 16.0. The number of hydrogen-bond donors (Lipinski definition) is 2. The number of halogens is 2. The molecule has 3 aromatic carbocycles. The van der Waals surface area contributed by atoms with Crippen LogP contribution in [0.15, 0.2) is 72.8 Å². The van der Waals surface area contributed by atoms with Crippen molar-refractivity contribution in [2.45, 2.75) is 0 Å². The fraction of sp³-hybridized carbons (Fsp3) is 0. The Labute approximate surface area is 181 Å². The lowest BCUT2D eigenvalue weighted by Gasteiger charge is -2.08. The minimum absolute atomic E-state index is 0.113. The fourth-order valence-electron chi connectivity index (χ4n) is 3.49. The number of rotatable bonds is 3. The first-order valence-corrected chi connectivity index (χ1v) is 9.78. The van der Waals surface area contributed by atoms with E-state index in [2.05, 4.69) is 15.3 Å². The predicted octanol–water partition coefficient (Wildman–Crippen LogP) is 5.20.